The number of thiazole rings is 1. The molecule has 4 N–H and O–H groups in total. The summed E-state index contributed by atoms with van der Waals surface area (Å²) in [7, 11) is 1.49. The summed E-state index contributed by atoms with van der Waals surface area (Å²) in [4.78, 5) is 58.6. The van der Waals surface area contributed by atoms with E-state index in [2.05, 4.69) is 21.5 Å². The smallest absolute Gasteiger partial charge is 0.332 e. The number of amides is 5. The molecule has 1 aromatic heterocycles. The standard InChI is InChI=1S/C27H28N8O4S/c1-3-11-33(27(39)29-2)34-15-23(37)35-20(12-17-7-9-19(10-8-17)30-16-36)25(38)32(14-22(34)35)13-18-5-4-6-21-24(18)31-26(28)40-21/h1,4-10,16,20,22H,11-15H2,2H3,(H2,28,31)(H,29,39)(H,30,36)/t20-,22+/m0/s1. The van der Waals surface area contributed by atoms with Gasteiger partial charge in [-0.1, -0.05) is 41.5 Å². The summed E-state index contributed by atoms with van der Waals surface area (Å²) in [5.41, 5.74) is 8.94. The lowest BCUT2D eigenvalue weighted by Crippen LogP contribution is -2.66. The molecule has 0 spiro atoms. The fourth-order valence-corrected chi connectivity index (χ4v) is 6.05. The molecule has 3 aromatic rings. The highest BCUT2D eigenvalue weighted by atomic mass is 32.1. The second-order valence-corrected chi connectivity index (χ2v) is 10.5. The number of hydrazine groups is 1. The number of benzene rings is 2. The van der Waals surface area contributed by atoms with Crippen LogP contribution in [0.15, 0.2) is 42.5 Å². The Bertz CT molecular complexity index is 1500. The van der Waals surface area contributed by atoms with Gasteiger partial charge in [0.2, 0.25) is 18.2 Å². The first-order chi connectivity index (χ1) is 19.3. The van der Waals surface area contributed by atoms with E-state index in [1.807, 2.05) is 18.2 Å². The number of anilines is 2. The lowest BCUT2D eigenvalue weighted by Gasteiger charge is -2.46. The Labute approximate surface area is 234 Å². The number of nitrogen functional groups attached to an aromatic ring is 1. The Balaban J connectivity index is 1.51. The molecule has 2 aliphatic rings. The number of nitrogens with two attached hydrogens (primary N) is 1. The van der Waals surface area contributed by atoms with Crippen LogP contribution in [-0.4, -0.2) is 87.9 Å². The Morgan fingerprint density at radius 1 is 1.27 bits per heavy atom. The Hall–Kier alpha value is -4.67. The number of terminal acetylenes is 1. The van der Waals surface area contributed by atoms with Crippen molar-refractivity contribution in [3.63, 3.8) is 0 Å². The minimum atomic E-state index is -0.821. The van der Waals surface area contributed by atoms with Crippen LogP contribution in [0.5, 0.6) is 0 Å². The van der Waals surface area contributed by atoms with Gasteiger partial charge in [0, 0.05) is 25.7 Å². The summed E-state index contributed by atoms with van der Waals surface area (Å²) in [5, 5.41) is 8.56. The van der Waals surface area contributed by atoms with E-state index in [0.717, 1.165) is 21.3 Å². The van der Waals surface area contributed by atoms with Crippen molar-refractivity contribution >= 4 is 56.6 Å². The van der Waals surface area contributed by atoms with Crippen LogP contribution < -0.4 is 16.4 Å². The van der Waals surface area contributed by atoms with Crippen LogP contribution in [-0.2, 0) is 27.3 Å². The van der Waals surface area contributed by atoms with Gasteiger partial charge in [-0.3, -0.25) is 14.4 Å². The van der Waals surface area contributed by atoms with E-state index < -0.39 is 18.2 Å². The first-order valence-electron chi connectivity index (χ1n) is 12.6. The fraction of sp³-hybridized carbons (Fsp3) is 0.296. The Morgan fingerprint density at radius 3 is 2.75 bits per heavy atom. The van der Waals surface area contributed by atoms with Crippen LogP contribution in [0.4, 0.5) is 15.6 Å². The number of para-hydroxylation sites is 1. The van der Waals surface area contributed by atoms with Gasteiger partial charge in [0.25, 0.3) is 0 Å². The zero-order valence-electron chi connectivity index (χ0n) is 21.7. The highest BCUT2D eigenvalue weighted by Crippen LogP contribution is 2.32. The number of hydrogen-bond donors (Lipinski definition) is 3. The number of aromatic nitrogens is 1. The molecular weight excluding hydrogens is 532 g/mol. The number of nitrogens with one attached hydrogen (secondary N) is 2. The molecule has 2 saturated heterocycles. The molecule has 2 atom stereocenters. The first-order valence-corrected chi connectivity index (χ1v) is 13.4. The highest BCUT2D eigenvalue weighted by molar-refractivity contribution is 7.22. The normalized spacial score (nSPS) is 18.9. The summed E-state index contributed by atoms with van der Waals surface area (Å²) in [5.74, 6) is 1.99. The largest absolute Gasteiger partial charge is 0.375 e. The van der Waals surface area contributed by atoms with Crippen molar-refractivity contribution in [1.82, 2.24) is 30.1 Å². The van der Waals surface area contributed by atoms with E-state index in [4.69, 9.17) is 12.2 Å². The second kappa shape index (κ2) is 11.2. The lowest BCUT2D eigenvalue weighted by atomic mass is 9.99. The van der Waals surface area contributed by atoms with Gasteiger partial charge in [0.1, 0.15) is 12.2 Å². The van der Waals surface area contributed by atoms with Crippen LogP contribution in [0.3, 0.4) is 0 Å². The van der Waals surface area contributed by atoms with Crippen molar-refractivity contribution in [3.8, 4) is 12.3 Å². The average molecular weight is 561 g/mol. The van der Waals surface area contributed by atoms with Gasteiger partial charge < -0.3 is 26.2 Å². The van der Waals surface area contributed by atoms with Gasteiger partial charge in [-0.05, 0) is 29.3 Å². The van der Waals surface area contributed by atoms with Gasteiger partial charge in [-0.15, -0.1) is 6.42 Å². The maximum Gasteiger partial charge on any atom is 0.332 e. The molecule has 206 valence electrons. The van der Waals surface area contributed by atoms with Gasteiger partial charge in [-0.2, -0.15) is 5.01 Å². The number of carbonyl (C=O) groups is 4. The molecule has 2 fully saturated rings. The Kier molecular flexibility index (Phi) is 7.54. The van der Waals surface area contributed by atoms with Gasteiger partial charge in [0.15, 0.2) is 5.13 Å². The van der Waals surface area contributed by atoms with E-state index in [9.17, 15) is 19.2 Å². The molecule has 0 radical (unpaired) electrons. The van der Waals surface area contributed by atoms with Crippen molar-refractivity contribution in [2.45, 2.75) is 25.2 Å². The molecular formula is C27H28N8O4S. The predicted molar refractivity (Wildman–Crippen MR) is 150 cm³/mol. The third kappa shape index (κ3) is 5.02. The number of rotatable bonds is 8. The van der Waals surface area contributed by atoms with Crippen molar-refractivity contribution in [3.05, 3.63) is 53.6 Å². The number of carbonyl (C=O) groups excluding carboxylic acids is 4. The van der Waals surface area contributed by atoms with E-state index in [-0.39, 0.29) is 44.4 Å². The minimum absolute atomic E-state index is 0.0431. The fourth-order valence-electron chi connectivity index (χ4n) is 5.27. The van der Waals surface area contributed by atoms with Crippen LogP contribution in [0.2, 0.25) is 0 Å². The van der Waals surface area contributed by atoms with E-state index >= 15 is 0 Å². The molecule has 0 bridgehead atoms. The quantitative estimate of drug-likeness (QED) is 0.276. The Morgan fingerprint density at radius 2 is 2.05 bits per heavy atom. The molecule has 5 rings (SSSR count). The molecule has 40 heavy (non-hydrogen) atoms. The van der Waals surface area contributed by atoms with E-state index in [0.29, 0.717) is 17.2 Å². The van der Waals surface area contributed by atoms with E-state index in [1.165, 1.54) is 23.4 Å². The van der Waals surface area contributed by atoms with Crippen molar-refractivity contribution in [1.29, 1.82) is 0 Å². The summed E-state index contributed by atoms with van der Waals surface area (Å²) in [6.45, 7) is 0.271. The monoisotopic (exact) mass is 560 g/mol. The first kappa shape index (κ1) is 26.9. The average Bonchev–Trinajstić information content (AvgIpc) is 3.49. The zero-order valence-corrected chi connectivity index (χ0v) is 22.6. The molecule has 2 aromatic carbocycles. The number of fused-ring (bicyclic) bond motifs is 2. The maximum absolute atomic E-state index is 14.0. The molecule has 5 amide bonds. The third-order valence-electron chi connectivity index (χ3n) is 7.05. The molecule has 0 saturated carbocycles. The summed E-state index contributed by atoms with van der Waals surface area (Å²) < 4.78 is 0.916. The maximum atomic E-state index is 14.0. The molecule has 0 unspecified atom stereocenters. The highest BCUT2D eigenvalue weighted by Gasteiger charge is 2.52. The van der Waals surface area contributed by atoms with Gasteiger partial charge in [0.05, 0.1) is 29.9 Å². The number of piperazine rings is 1. The van der Waals surface area contributed by atoms with Crippen LogP contribution in [0.25, 0.3) is 10.2 Å². The molecule has 3 heterocycles. The number of nitrogens with zero attached hydrogens (tertiary/aromatic N) is 5. The minimum Gasteiger partial charge on any atom is -0.375 e. The van der Waals surface area contributed by atoms with Crippen LogP contribution in [0, 0.1) is 12.3 Å². The SMILES string of the molecule is C#CCN(C(=O)NC)N1CC(=O)N2[C@@H](Cc3ccc(NC=O)cc3)C(=O)N(Cc3cccc4sc(N)nc34)C[C@@H]21. The van der Waals surface area contributed by atoms with Crippen molar-refractivity contribution in [2.24, 2.45) is 0 Å². The van der Waals surface area contributed by atoms with Gasteiger partial charge in [-0.25, -0.2) is 14.8 Å². The summed E-state index contributed by atoms with van der Waals surface area (Å²) in [6.07, 6.45) is 5.78. The van der Waals surface area contributed by atoms with Crippen LogP contribution in [0.1, 0.15) is 11.1 Å². The molecule has 12 nitrogen and oxygen atoms in total. The zero-order chi connectivity index (χ0) is 28.4. The molecule has 0 aliphatic carbocycles. The van der Waals surface area contributed by atoms with Gasteiger partial charge >= 0.3 is 6.03 Å². The van der Waals surface area contributed by atoms with Crippen molar-refractivity contribution in [2.75, 3.05) is 37.7 Å². The number of urea groups is 1. The lowest BCUT2D eigenvalue weighted by molar-refractivity contribution is -0.157. The second-order valence-electron chi connectivity index (χ2n) is 9.41. The van der Waals surface area contributed by atoms with Crippen LogP contribution >= 0.6 is 11.3 Å². The van der Waals surface area contributed by atoms with E-state index in [1.54, 1.807) is 39.1 Å². The molecule has 2 aliphatic heterocycles. The third-order valence-corrected chi connectivity index (χ3v) is 7.90. The topological polar surface area (TPSA) is 144 Å². The van der Waals surface area contributed by atoms with Crippen molar-refractivity contribution < 1.29 is 19.2 Å². The molecule has 13 heteroatoms. The number of hydrogen-bond acceptors (Lipinski definition) is 8. The summed E-state index contributed by atoms with van der Waals surface area (Å²) in [6, 6.07) is 11.5. The predicted octanol–water partition coefficient (Wildman–Crippen LogP) is 1.06. The summed E-state index contributed by atoms with van der Waals surface area (Å²) >= 11 is 1.37.